The lowest BCUT2D eigenvalue weighted by atomic mass is 10.0. The lowest BCUT2D eigenvalue weighted by molar-refractivity contribution is 0.655. The molecule has 0 heterocycles. The van der Waals surface area contributed by atoms with Crippen molar-refractivity contribution in [2.24, 2.45) is 5.92 Å². The van der Waals surface area contributed by atoms with Crippen LogP contribution in [-0.2, 0) is 0 Å². The minimum Gasteiger partial charge on any atom is -0.0856 e. The highest BCUT2D eigenvalue weighted by Crippen LogP contribution is 2.10. The second-order valence-electron chi connectivity index (χ2n) is 3.55. The van der Waals surface area contributed by atoms with Gasteiger partial charge in [-0.3, -0.25) is 0 Å². The molecule has 0 spiro atoms. The van der Waals surface area contributed by atoms with E-state index in [0.29, 0.717) is 5.92 Å². The van der Waals surface area contributed by atoms with Crippen LogP contribution in [0.3, 0.4) is 0 Å². The number of allylic oxidation sites excluding steroid dienone is 3. The minimum absolute atomic E-state index is 0.552. The molecule has 0 saturated carbocycles. The van der Waals surface area contributed by atoms with Gasteiger partial charge in [0.1, 0.15) is 0 Å². The molecule has 0 nitrogen and oxygen atoms in total. The maximum Gasteiger partial charge on any atom is -0.0256 e. The van der Waals surface area contributed by atoms with E-state index in [4.69, 9.17) is 6.58 Å². The van der Waals surface area contributed by atoms with Crippen molar-refractivity contribution in [3.8, 4) is 0 Å². The molecule has 0 amide bonds. The second-order valence-corrected chi connectivity index (χ2v) is 3.55. The van der Waals surface area contributed by atoms with Crippen molar-refractivity contribution in [1.82, 2.24) is 0 Å². The first-order chi connectivity index (χ1) is 5.70. The van der Waals surface area contributed by atoms with E-state index in [0.717, 1.165) is 0 Å². The molecule has 0 rings (SSSR count). The monoisotopic (exact) mass is 165 g/mol. The molecule has 12 heavy (non-hydrogen) atoms. The Balaban J connectivity index is 3.51. The maximum atomic E-state index is 5.40. The van der Waals surface area contributed by atoms with Gasteiger partial charge >= 0.3 is 0 Å². The smallest absolute Gasteiger partial charge is 0.0256 e. The first-order valence-electron chi connectivity index (χ1n) is 4.91. The molecule has 0 N–H and O–H groups in total. The van der Waals surface area contributed by atoms with E-state index in [1.54, 1.807) is 6.08 Å². The van der Waals surface area contributed by atoms with E-state index in [1.165, 1.54) is 31.3 Å². The van der Waals surface area contributed by atoms with Crippen molar-refractivity contribution in [1.29, 1.82) is 0 Å². The van der Waals surface area contributed by atoms with E-state index in [9.17, 15) is 0 Å². The molecule has 69 valence electrons. The highest BCUT2D eigenvalue weighted by molar-refractivity contribution is 4.97. The van der Waals surface area contributed by atoms with E-state index >= 15 is 0 Å². The van der Waals surface area contributed by atoms with E-state index in [2.05, 4.69) is 26.8 Å². The molecule has 0 bridgehead atoms. The van der Waals surface area contributed by atoms with Gasteiger partial charge in [-0.05, 0) is 32.1 Å². The molecule has 0 aromatic carbocycles. The first kappa shape index (κ1) is 11.5. The van der Waals surface area contributed by atoms with Crippen molar-refractivity contribution in [2.45, 2.75) is 46.5 Å². The number of hydrogen-bond acceptors (Lipinski definition) is 0. The molecule has 1 radical (unpaired) electrons. The van der Waals surface area contributed by atoms with Crippen molar-refractivity contribution in [2.75, 3.05) is 0 Å². The molecule has 0 aliphatic heterocycles. The molecule has 0 heteroatoms. The van der Waals surface area contributed by atoms with Crippen LogP contribution in [0.1, 0.15) is 46.5 Å². The molecular weight excluding hydrogens is 144 g/mol. The molecule has 0 aliphatic rings. The van der Waals surface area contributed by atoms with Gasteiger partial charge < -0.3 is 0 Å². The predicted molar refractivity (Wildman–Crippen MR) is 55.9 cm³/mol. The van der Waals surface area contributed by atoms with Crippen LogP contribution >= 0.6 is 0 Å². The van der Waals surface area contributed by atoms with E-state index in [-0.39, 0.29) is 0 Å². The summed E-state index contributed by atoms with van der Waals surface area (Å²) in [5.41, 5.74) is 1.52. The van der Waals surface area contributed by atoms with Gasteiger partial charge in [-0.1, -0.05) is 44.6 Å². The molecule has 1 unspecified atom stereocenters. The SMILES string of the molecule is [CH]=CC(C)CCC=C(C)CCC. The van der Waals surface area contributed by atoms with Gasteiger partial charge in [0.25, 0.3) is 0 Å². The zero-order valence-electron chi connectivity index (χ0n) is 8.64. The summed E-state index contributed by atoms with van der Waals surface area (Å²) in [4.78, 5) is 0. The topological polar surface area (TPSA) is 0 Å². The second kappa shape index (κ2) is 7.15. The largest absolute Gasteiger partial charge is 0.0856 e. The average molecular weight is 165 g/mol. The normalized spacial score (nSPS) is 14.4. The fourth-order valence-corrected chi connectivity index (χ4v) is 1.19. The fourth-order valence-electron chi connectivity index (χ4n) is 1.19. The maximum absolute atomic E-state index is 5.40. The Kier molecular flexibility index (Phi) is 6.84. The lowest BCUT2D eigenvalue weighted by Gasteiger charge is -2.02. The molecule has 1 atom stereocenters. The number of hydrogen-bond donors (Lipinski definition) is 0. The highest BCUT2D eigenvalue weighted by Gasteiger charge is 1.93. The van der Waals surface area contributed by atoms with E-state index in [1.807, 2.05) is 0 Å². The summed E-state index contributed by atoms with van der Waals surface area (Å²) < 4.78 is 0. The summed E-state index contributed by atoms with van der Waals surface area (Å²) in [7, 11) is 0. The molecule has 0 aromatic heterocycles. The third-order valence-electron chi connectivity index (χ3n) is 2.09. The van der Waals surface area contributed by atoms with Crippen LogP contribution in [0.5, 0.6) is 0 Å². The summed E-state index contributed by atoms with van der Waals surface area (Å²) in [5.74, 6) is 0.552. The summed E-state index contributed by atoms with van der Waals surface area (Å²) >= 11 is 0. The van der Waals surface area contributed by atoms with Gasteiger partial charge in [-0.2, -0.15) is 0 Å². The summed E-state index contributed by atoms with van der Waals surface area (Å²) in [6.45, 7) is 12.0. The van der Waals surface area contributed by atoms with Crippen molar-refractivity contribution in [3.63, 3.8) is 0 Å². The van der Waals surface area contributed by atoms with Crippen LogP contribution in [0, 0.1) is 12.5 Å². The molecule has 0 fully saturated rings. The van der Waals surface area contributed by atoms with E-state index < -0.39 is 0 Å². The number of rotatable bonds is 6. The minimum atomic E-state index is 0.552. The predicted octanol–water partition coefficient (Wildman–Crippen LogP) is 4.14. The van der Waals surface area contributed by atoms with Gasteiger partial charge in [-0.25, -0.2) is 0 Å². The molecule has 0 saturated heterocycles. The molecular formula is C12H21. The van der Waals surface area contributed by atoms with Gasteiger partial charge in [0, 0.05) is 0 Å². The van der Waals surface area contributed by atoms with Crippen LogP contribution in [-0.4, -0.2) is 0 Å². The zero-order chi connectivity index (χ0) is 9.40. The van der Waals surface area contributed by atoms with Crippen molar-refractivity contribution < 1.29 is 0 Å². The van der Waals surface area contributed by atoms with Gasteiger partial charge in [0.15, 0.2) is 0 Å². The Morgan fingerprint density at radius 2 is 2.17 bits per heavy atom. The summed E-state index contributed by atoms with van der Waals surface area (Å²) in [6.07, 6.45) is 8.95. The summed E-state index contributed by atoms with van der Waals surface area (Å²) in [6, 6.07) is 0. The standard InChI is InChI=1S/C12H21/c1-5-8-12(4)10-7-9-11(3)6-2/h2,6,10-11H,5,7-9H2,1,3-4H3. The summed E-state index contributed by atoms with van der Waals surface area (Å²) in [5, 5.41) is 0. The third-order valence-corrected chi connectivity index (χ3v) is 2.09. The van der Waals surface area contributed by atoms with Gasteiger partial charge in [0.05, 0.1) is 0 Å². The lowest BCUT2D eigenvalue weighted by Crippen LogP contribution is -1.87. The van der Waals surface area contributed by atoms with Crippen molar-refractivity contribution in [3.05, 3.63) is 24.3 Å². The van der Waals surface area contributed by atoms with Crippen LogP contribution in [0.25, 0.3) is 0 Å². The highest BCUT2D eigenvalue weighted by atomic mass is 14.0. The fraction of sp³-hybridized carbons (Fsp3) is 0.667. The quantitative estimate of drug-likeness (QED) is 0.519. The third kappa shape index (κ3) is 6.21. The van der Waals surface area contributed by atoms with Crippen LogP contribution in [0.2, 0.25) is 0 Å². The Hall–Kier alpha value is -0.520. The van der Waals surface area contributed by atoms with Gasteiger partial charge in [0.2, 0.25) is 0 Å². The molecule has 0 aromatic rings. The Bertz CT molecular complexity index is 142. The van der Waals surface area contributed by atoms with Crippen molar-refractivity contribution >= 4 is 0 Å². The molecule has 0 aliphatic carbocycles. The van der Waals surface area contributed by atoms with Gasteiger partial charge in [-0.15, -0.1) is 0 Å². The zero-order valence-corrected chi connectivity index (χ0v) is 8.64. The van der Waals surface area contributed by atoms with Crippen LogP contribution in [0.4, 0.5) is 0 Å². The first-order valence-corrected chi connectivity index (χ1v) is 4.91. The Labute approximate surface area is 77.4 Å². The Morgan fingerprint density at radius 3 is 2.67 bits per heavy atom. The van der Waals surface area contributed by atoms with Crippen LogP contribution < -0.4 is 0 Å². The average Bonchev–Trinajstić information content (AvgIpc) is 2.04. The van der Waals surface area contributed by atoms with Crippen LogP contribution in [0.15, 0.2) is 17.7 Å². The Morgan fingerprint density at radius 1 is 1.50 bits per heavy atom.